The van der Waals surface area contributed by atoms with Crippen LogP contribution in [0.25, 0.3) is 0 Å². The minimum absolute atomic E-state index is 0.0100. The number of hydrogen-bond acceptors (Lipinski definition) is 7. The van der Waals surface area contributed by atoms with E-state index in [-0.39, 0.29) is 19.1 Å². The lowest BCUT2D eigenvalue weighted by molar-refractivity contribution is -0.183. The third-order valence-electron chi connectivity index (χ3n) is 5.65. The SMILES string of the molecule is C=CC(=O)Nc1ccc(NC(C(=O)OCC)C(OCc2ccccc2)(C(=O)OC)c2ccc(Br)cc2)cc1. The zero-order valence-corrected chi connectivity index (χ0v) is 22.7. The Morgan fingerprint density at radius 2 is 1.61 bits per heavy atom. The number of hydrogen-bond donors (Lipinski definition) is 2. The van der Waals surface area contributed by atoms with E-state index < -0.39 is 23.6 Å². The molecule has 0 fully saturated rings. The van der Waals surface area contributed by atoms with E-state index in [0.29, 0.717) is 16.9 Å². The van der Waals surface area contributed by atoms with Gasteiger partial charge in [0.25, 0.3) is 0 Å². The molecule has 3 aromatic rings. The number of anilines is 2. The number of benzene rings is 3. The third-order valence-corrected chi connectivity index (χ3v) is 6.18. The second-order valence-corrected chi connectivity index (χ2v) is 9.02. The summed E-state index contributed by atoms with van der Waals surface area (Å²) < 4.78 is 17.8. The van der Waals surface area contributed by atoms with Crippen molar-refractivity contribution < 1.29 is 28.6 Å². The summed E-state index contributed by atoms with van der Waals surface area (Å²) in [6, 6.07) is 21.4. The van der Waals surface area contributed by atoms with E-state index in [1.807, 2.05) is 30.3 Å². The Bertz CT molecular complexity index is 1250. The number of esters is 2. The third kappa shape index (κ3) is 6.87. The Morgan fingerprint density at radius 3 is 2.18 bits per heavy atom. The first-order chi connectivity index (χ1) is 18.3. The minimum atomic E-state index is -1.92. The maximum absolute atomic E-state index is 13.6. The Hall–Kier alpha value is -3.95. The lowest BCUT2D eigenvalue weighted by atomic mass is 9.85. The maximum atomic E-state index is 13.6. The lowest BCUT2D eigenvalue weighted by Gasteiger charge is -2.38. The van der Waals surface area contributed by atoms with Gasteiger partial charge in [0.2, 0.25) is 11.5 Å². The quantitative estimate of drug-likeness (QED) is 0.224. The van der Waals surface area contributed by atoms with Crippen LogP contribution in [0.3, 0.4) is 0 Å². The lowest BCUT2D eigenvalue weighted by Crippen LogP contribution is -2.57. The first-order valence-electron chi connectivity index (χ1n) is 11.8. The Morgan fingerprint density at radius 1 is 0.974 bits per heavy atom. The summed E-state index contributed by atoms with van der Waals surface area (Å²) in [4.78, 5) is 38.7. The van der Waals surface area contributed by atoms with Crippen LogP contribution in [0.2, 0.25) is 0 Å². The van der Waals surface area contributed by atoms with Gasteiger partial charge < -0.3 is 24.8 Å². The molecule has 0 spiro atoms. The summed E-state index contributed by atoms with van der Waals surface area (Å²) >= 11 is 3.42. The highest BCUT2D eigenvalue weighted by molar-refractivity contribution is 9.10. The van der Waals surface area contributed by atoms with Gasteiger partial charge >= 0.3 is 11.9 Å². The zero-order chi connectivity index (χ0) is 27.5. The molecule has 0 saturated carbocycles. The number of halogens is 1. The van der Waals surface area contributed by atoms with Crippen molar-refractivity contribution in [3.8, 4) is 0 Å². The second kappa shape index (κ2) is 13.6. The predicted molar refractivity (Wildman–Crippen MR) is 148 cm³/mol. The van der Waals surface area contributed by atoms with E-state index in [1.165, 1.54) is 7.11 Å². The summed E-state index contributed by atoms with van der Waals surface area (Å²) in [6.07, 6.45) is 1.16. The molecule has 0 aliphatic heterocycles. The molecule has 38 heavy (non-hydrogen) atoms. The van der Waals surface area contributed by atoms with Gasteiger partial charge in [-0.2, -0.15) is 0 Å². The van der Waals surface area contributed by atoms with Crippen molar-refractivity contribution in [3.63, 3.8) is 0 Å². The molecule has 2 N–H and O–H groups in total. The summed E-state index contributed by atoms with van der Waals surface area (Å²) in [6.45, 7) is 5.21. The molecule has 1 amide bonds. The van der Waals surface area contributed by atoms with E-state index in [4.69, 9.17) is 14.2 Å². The van der Waals surface area contributed by atoms with E-state index in [9.17, 15) is 14.4 Å². The fourth-order valence-corrected chi connectivity index (χ4v) is 4.07. The van der Waals surface area contributed by atoms with Gasteiger partial charge in [-0.1, -0.05) is 65.0 Å². The van der Waals surface area contributed by atoms with Crippen LogP contribution in [0.5, 0.6) is 0 Å². The first kappa shape index (κ1) is 28.6. The van der Waals surface area contributed by atoms with E-state index in [2.05, 4.69) is 33.1 Å². The van der Waals surface area contributed by atoms with Crippen LogP contribution in [-0.4, -0.2) is 37.6 Å². The van der Waals surface area contributed by atoms with E-state index >= 15 is 0 Å². The molecule has 0 aliphatic rings. The molecule has 0 aliphatic carbocycles. The summed E-state index contributed by atoms with van der Waals surface area (Å²) in [7, 11) is 1.24. The molecule has 2 unspecified atom stereocenters. The number of methoxy groups -OCH3 is 1. The van der Waals surface area contributed by atoms with Crippen LogP contribution in [-0.2, 0) is 40.8 Å². The second-order valence-electron chi connectivity index (χ2n) is 8.11. The standard InChI is InChI=1S/C29H29BrN2O6/c1-4-25(33)31-23-15-17-24(18-16-23)32-26(27(34)37-5-2)29(28(35)36-3,21-11-13-22(30)14-12-21)38-19-20-9-7-6-8-10-20/h4,6-18,26,32H,1,5,19H2,2-3H3,(H,31,33). The molecule has 3 aromatic carbocycles. The van der Waals surface area contributed by atoms with Crippen LogP contribution in [0, 0.1) is 0 Å². The van der Waals surface area contributed by atoms with Crippen LogP contribution in [0.1, 0.15) is 18.1 Å². The van der Waals surface area contributed by atoms with Crippen LogP contribution >= 0.6 is 15.9 Å². The first-order valence-corrected chi connectivity index (χ1v) is 12.6. The van der Waals surface area contributed by atoms with Gasteiger partial charge in [-0.3, -0.25) is 4.79 Å². The van der Waals surface area contributed by atoms with Crippen LogP contribution in [0.4, 0.5) is 11.4 Å². The van der Waals surface area contributed by atoms with E-state index in [1.54, 1.807) is 55.5 Å². The molecule has 0 saturated heterocycles. The van der Waals surface area contributed by atoms with E-state index in [0.717, 1.165) is 16.1 Å². The van der Waals surface area contributed by atoms with Crippen molar-refractivity contribution >= 4 is 45.2 Å². The highest BCUT2D eigenvalue weighted by Crippen LogP contribution is 2.36. The Labute approximate surface area is 230 Å². The number of amides is 1. The van der Waals surface area contributed by atoms with Crippen molar-refractivity contribution in [2.45, 2.75) is 25.2 Å². The van der Waals surface area contributed by atoms with Crippen molar-refractivity contribution in [1.82, 2.24) is 0 Å². The van der Waals surface area contributed by atoms with Crippen LogP contribution < -0.4 is 10.6 Å². The average molecular weight is 581 g/mol. The molecule has 8 nitrogen and oxygen atoms in total. The number of rotatable bonds is 12. The van der Waals surface area contributed by atoms with Crippen molar-refractivity contribution in [3.05, 3.63) is 107 Å². The van der Waals surface area contributed by atoms with Gasteiger partial charge in [-0.15, -0.1) is 0 Å². The molecule has 0 heterocycles. The van der Waals surface area contributed by atoms with Gasteiger partial charge in [0.05, 0.1) is 20.3 Å². The summed E-state index contributed by atoms with van der Waals surface area (Å²) in [5.41, 5.74) is 0.272. The molecular formula is C29H29BrN2O6. The van der Waals surface area contributed by atoms with Gasteiger partial charge in [0.1, 0.15) is 0 Å². The highest BCUT2D eigenvalue weighted by atomic mass is 79.9. The molecule has 0 radical (unpaired) electrons. The zero-order valence-electron chi connectivity index (χ0n) is 21.1. The molecule has 198 valence electrons. The van der Waals surface area contributed by atoms with Crippen molar-refractivity contribution in [2.75, 3.05) is 24.4 Å². The number of carbonyl (C=O) groups excluding carboxylic acids is 3. The van der Waals surface area contributed by atoms with Gasteiger partial charge in [-0.05, 0) is 60.5 Å². The van der Waals surface area contributed by atoms with Gasteiger partial charge in [0, 0.05) is 15.8 Å². The fraction of sp³-hybridized carbons (Fsp3) is 0.207. The average Bonchev–Trinajstić information content (AvgIpc) is 2.94. The fourth-order valence-electron chi connectivity index (χ4n) is 3.81. The van der Waals surface area contributed by atoms with Crippen molar-refractivity contribution in [2.24, 2.45) is 0 Å². The van der Waals surface area contributed by atoms with Crippen molar-refractivity contribution in [1.29, 1.82) is 0 Å². The molecule has 0 bridgehead atoms. The Kier molecular flexibility index (Phi) is 10.2. The monoisotopic (exact) mass is 580 g/mol. The maximum Gasteiger partial charge on any atom is 0.345 e. The van der Waals surface area contributed by atoms with Gasteiger partial charge in [0.15, 0.2) is 6.04 Å². The highest BCUT2D eigenvalue weighted by Gasteiger charge is 2.54. The van der Waals surface area contributed by atoms with Gasteiger partial charge in [-0.25, -0.2) is 9.59 Å². The summed E-state index contributed by atoms with van der Waals surface area (Å²) in [5, 5.41) is 5.78. The molecule has 3 rings (SSSR count). The predicted octanol–water partition coefficient (Wildman–Crippen LogP) is 5.20. The molecule has 0 aromatic heterocycles. The summed E-state index contributed by atoms with van der Waals surface area (Å²) in [5.74, 6) is -1.85. The number of nitrogens with one attached hydrogen (secondary N) is 2. The molecule has 2 atom stereocenters. The minimum Gasteiger partial charge on any atom is -0.467 e. The van der Waals surface area contributed by atoms with Crippen LogP contribution in [0.15, 0.2) is 96.0 Å². The Balaban J connectivity index is 2.11. The molecule has 9 heteroatoms. The normalized spacial score (nSPS) is 12.9. The molecular weight excluding hydrogens is 552 g/mol. The number of ether oxygens (including phenoxy) is 3. The number of carbonyl (C=O) groups is 3. The largest absolute Gasteiger partial charge is 0.467 e. The smallest absolute Gasteiger partial charge is 0.345 e. The topological polar surface area (TPSA) is 103 Å².